The first-order valence-corrected chi connectivity index (χ1v) is 7.56. The summed E-state index contributed by atoms with van der Waals surface area (Å²) >= 11 is 0. The molecule has 3 rings (SSSR count). The van der Waals surface area contributed by atoms with Crippen molar-refractivity contribution in [3.63, 3.8) is 0 Å². The molecule has 7 nitrogen and oxygen atoms in total. The van der Waals surface area contributed by atoms with Gasteiger partial charge in [-0.3, -0.25) is 14.7 Å². The molecule has 2 aromatic rings. The number of H-pyrrole nitrogens is 2. The largest absolute Gasteiger partial charge is 0.493 e. The fourth-order valence-corrected chi connectivity index (χ4v) is 2.60. The molecule has 122 valence electrons. The normalized spacial score (nSPS) is 17.9. The number of rotatable bonds is 5. The molecule has 0 spiro atoms. The van der Waals surface area contributed by atoms with E-state index in [9.17, 15) is 9.59 Å². The maximum absolute atomic E-state index is 12.5. The van der Waals surface area contributed by atoms with E-state index in [1.54, 1.807) is 4.90 Å². The van der Waals surface area contributed by atoms with Crippen LogP contribution in [0, 0.1) is 0 Å². The molecule has 1 aliphatic heterocycles. The van der Waals surface area contributed by atoms with Gasteiger partial charge in [-0.05, 0) is 12.1 Å². The Hall–Kier alpha value is -2.54. The van der Waals surface area contributed by atoms with Crippen molar-refractivity contribution in [2.75, 3.05) is 26.4 Å². The number of para-hydroxylation sites is 1. The molecular weight excluding hydrogens is 298 g/mol. The standard InChI is InChI=1S/C16H19N3O4/c20-15-10-13(17-18-15)14-11-22-9-7-19(14)16(21)6-8-23-12-4-2-1-3-5-12/h1-5,10,14H,6-9,11H2,(H2,17,18,20). The molecule has 0 saturated carbocycles. The second-order valence-corrected chi connectivity index (χ2v) is 5.30. The molecule has 1 aromatic carbocycles. The van der Waals surface area contributed by atoms with Crippen molar-refractivity contribution in [2.45, 2.75) is 12.5 Å². The van der Waals surface area contributed by atoms with Crippen LogP contribution in [0.25, 0.3) is 0 Å². The van der Waals surface area contributed by atoms with Crippen molar-refractivity contribution in [1.82, 2.24) is 15.1 Å². The Labute approximate surface area is 133 Å². The fourth-order valence-electron chi connectivity index (χ4n) is 2.60. The molecule has 1 aromatic heterocycles. The summed E-state index contributed by atoms with van der Waals surface area (Å²) in [5.41, 5.74) is 0.442. The third-order valence-corrected chi connectivity index (χ3v) is 3.75. The van der Waals surface area contributed by atoms with E-state index in [1.165, 1.54) is 6.07 Å². The van der Waals surface area contributed by atoms with Crippen molar-refractivity contribution in [2.24, 2.45) is 0 Å². The predicted molar refractivity (Wildman–Crippen MR) is 83.2 cm³/mol. The van der Waals surface area contributed by atoms with Gasteiger partial charge in [0, 0.05) is 12.6 Å². The Kier molecular flexibility index (Phi) is 4.77. The number of benzene rings is 1. The summed E-state index contributed by atoms with van der Waals surface area (Å²) in [5.74, 6) is 0.727. The molecule has 1 amide bonds. The number of morpholine rings is 1. The lowest BCUT2D eigenvalue weighted by molar-refractivity contribution is -0.140. The number of nitrogens with one attached hydrogen (secondary N) is 2. The van der Waals surface area contributed by atoms with E-state index in [0.717, 1.165) is 5.75 Å². The Morgan fingerprint density at radius 3 is 2.87 bits per heavy atom. The lowest BCUT2D eigenvalue weighted by atomic mass is 10.1. The highest BCUT2D eigenvalue weighted by Crippen LogP contribution is 2.22. The van der Waals surface area contributed by atoms with Crippen LogP contribution in [0.2, 0.25) is 0 Å². The third-order valence-electron chi connectivity index (χ3n) is 3.75. The fraction of sp³-hybridized carbons (Fsp3) is 0.375. The molecule has 1 atom stereocenters. The Morgan fingerprint density at radius 1 is 1.30 bits per heavy atom. The van der Waals surface area contributed by atoms with Crippen molar-refractivity contribution >= 4 is 5.91 Å². The van der Waals surface area contributed by atoms with Gasteiger partial charge in [0.25, 0.3) is 5.56 Å². The van der Waals surface area contributed by atoms with E-state index >= 15 is 0 Å². The molecular formula is C16H19N3O4. The molecule has 23 heavy (non-hydrogen) atoms. The molecule has 2 N–H and O–H groups in total. The second kappa shape index (κ2) is 7.15. The van der Waals surface area contributed by atoms with E-state index in [1.807, 2.05) is 30.3 Å². The monoisotopic (exact) mass is 317 g/mol. The van der Waals surface area contributed by atoms with Crippen LogP contribution in [-0.4, -0.2) is 47.4 Å². The van der Waals surface area contributed by atoms with E-state index in [-0.39, 0.29) is 23.9 Å². The summed E-state index contributed by atoms with van der Waals surface area (Å²) in [6.07, 6.45) is 0.278. The van der Waals surface area contributed by atoms with Gasteiger partial charge in [-0.1, -0.05) is 18.2 Å². The van der Waals surface area contributed by atoms with Gasteiger partial charge >= 0.3 is 0 Å². The minimum atomic E-state index is -0.271. The molecule has 1 unspecified atom stereocenters. The molecule has 7 heteroatoms. The van der Waals surface area contributed by atoms with Gasteiger partial charge in [0.15, 0.2) is 0 Å². The minimum absolute atomic E-state index is 0.0173. The highest BCUT2D eigenvalue weighted by atomic mass is 16.5. The van der Waals surface area contributed by atoms with Gasteiger partial charge in [0.1, 0.15) is 5.75 Å². The lowest BCUT2D eigenvalue weighted by Gasteiger charge is -2.35. The average molecular weight is 317 g/mol. The highest BCUT2D eigenvalue weighted by Gasteiger charge is 2.29. The molecule has 1 aliphatic rings. The number of aromatic nitrogens is 2. The van der Waals surface area contributed by atoms with Crippen LogP contribution in [0.5, 0.6) is 5.75 Å². The van der Waals surface area contributed by atoms with Gasteiger partial charge in [0.2, 0.25) is 5.91 Å². The summed E-state index contributed by atoms with van der Waals surface area (Å²) in [5, 5.41) is 5.29. The van der Waals surface area contributed by atoms with Crippen LogP contribution in [-0.2, 0) is 9.53 Å². The number of hydrogen-bond donors (Lipinski definition) is 2. The zero-order chi connectivity index (χ0) is 16.1. The highest BCUT2D eigenvalue weighted by molar-refractivity contribution is 5.77. The van der Waals surface area contributed by atoms with Crippen LogP contribution < -0.4 is 10.3 Å². The van der Waals surface area contributed by atoms with Gasteiger partial charge in [0.05, 0.1) is 38.0 Å². The van der Waals surface area contributed by atoms with Gasteiger partial charge < -0.3 is 19.5 Å². The summed E-state index contributed by atoms with van der Waals surface area (Å²) < 4.78 is 11.0. The third kappa shape index (κ3) is 3.81. The first-order chi connectivity index (χ1) is 11.2. The molecule has 1 saturated heterocycles. The van der Waals surface area contributed by atoms with Crippen LogP contribution in [0.1, 0.15) is 18.2 Å². The Bertz CT molecular complexity index is 695. The van der Waals surface area contributed by atoms with E-state index in [0.29, 0.717) is 32.1 Å². The quantitative estimate of drug-likeness (QED) is 0.863. The van der Waals surface area contributed by atoms with Crippen LogP contribution in [0.3, 0.4) is 0 Å². The predicted octanol–water partition coefficient (Wildman–Crippen LogP) is 1.07. The van der Waals surface area contributed by atoms with Crippen LogP contribution >= 0.6 is 0 Å². The van der Waals surface area contributed by atoms with E-state index in [4.69, 9.17) is 9.47 Å². The summed E-state index contributed by atoms with van der Waals surface area (Å²) in [6, 6.07) is 10.6. The van der Waals surface area contributed by atoms with Crippen LogP contribution in [0.15, 0.2) is 41.2 Å². The van der Waals surface area contributed by atoms with Crippen molar-refractivity contribution in [3.8, 4) is 5.75 Å². The zero-order valence-corrected chi connectivity index (χ0v) is 12.7. The maximum Gasteiger partial charge on any atom is 0.264 e. The first kappa shape index (κ1) is 15.4. The van der Waals surface area contributed by atoms with Gasteiger partial charge in [-0.15, -0.1) is 0 Å². The summed E-state index contributed by atoms with van der Waals surface area (Å²) in [6.45, 7) is 1.69. The molecule has 2 heterocycles. The van der Waals surface area contributed by atoms with Crippen LogP contribution in [0.4, 0.5) is 0 Å². The second-order valence-electron chi connectivity index (χ2n) is 5.30. The number of nitrogens with zero attached hydrogens (tertiary/aromatic N) is 1. The maximum atomic E-state index is 12.5. The minimum Gasteiger partial charge on any atom is -0.493 e. The Balaban J connectivity index is 1.59. The number of carbonyl (C=O) groups excluding carboxylic acids is 1. The molecule has 0 radical (unpaired) electrons. The topological polar surface area (TPSA) is 87.4 Å². The van der Waals surface area contributed by atoms with E-state index < -0.39 is 0 Å². The van der Waals surface area contributed by atoms with Gasteiger partial charge in [-0.25, -0.2) is 0 Å². The Morgan fingerprint density at radius 2 is 2.13 bits per heavy atom. The summed E-state index contributed by atoms with van der Waals surface area (Å²) in [4.78, 5) is 25.5. The van der Waals surface area contributed by atoms with Crippen molar-refractivity contribution in [1.29, 1.82) is 0 Å². The number of ether oxygens (including phenoxy) is 2. The van der Waals surface area contributed by atoms with Gasteiger partial charge in [-0.2, -0.15) is 0 Å². The SMILES string of the molecule is O=C(CCOc1ccccc1)N1CCOCC1c1cc(=O)[nH][nH]1. The van der Waals surface area contributed by atoms with E-state index in [2.05, 4.69) is 10.2 Å². The molecule has 0 bridgehead atoms. The number of carbonyl (C=O) groups is 1. The number of aromatic amines is 2. The first-order valence-electron chi connectivity index (χ1n) is 7.56. The van der Waals surface area contributed by atoms with Crippen molar-refractivity contribution < 1.29 is 14.3 Å². The summed E-state index contributed by atoms with van der Waals surface area (Å²) in [7, 11) is 0. The number of amides is 1. The molecule has 1 fully saturated rings. The lowest BCUT2D eigenvalue weighted by Crippen LogP contribution is -2.44. The molecule has 0 aliphatic carbocycles. The smallest absolute Gasteiger partial charge is 0.264 e. The average Bonchev–Trinajstić information content (AvgIpc) is 3.02. The number of hydrogen-bond acceptors (Lipinski definition) is 4. The van der Waals surface area contributed by atoms with Crippen molar-refractivity contribution in [3.05, 3.63) is 52.4 Å². The zero-order valence-electron chi connectivity index (χ0n) is 12.7.